The second-order valence-corrected chi connectivity index (χ2v) is 5.66. The minimum absolute atomic E-state index is 0. The first kappa shape index (κ1) is 21.9. The van der Waals surface area contributed by atoms with E-state index in [1.807, 2.05) is 18.2 Å². The molecule has 0 fully saturated rings. The van der Waals surface area contributed by atoms with Crippen LogP contribution in [-0.2, 0) is 16.1 Å². The average molecular weight is 459 g/mol. The Morgan fingerprint density at radius 2 is 2.08 bits per heavy atom. The van der Waals surface area contributed by atoms with Gasteiger partial charge < -0.3 is 20.1 Å². The number of rotatable bonds is 9. The van der Waals surface area contributed by atoms with Crippen LogP contribution in [0.4, 0.5) is 0 Å². The molecule has 1 aliphatic heterocycles. The van der Waals surface area contributed by atoms with Crippen LogP contribution in [0.15, 0.2) is 47.0 Å². The van der Waals surface area contributed by atoms with E-state index in [0.29, 0.717) is 19.8 Å². The largest absolute Gasteiger partial charge is 0.377 e. The van der Waals surface area contributed by atoms with Crippen LogP contribution in [0.5, 0.6) is 0 Å². The predicted molar refractivity (Wildman–Crippen MR) is 114 cm³/mol. The molecule has 5 nitrogen and oxygen atoms in total. The molecule has 6 heteroatoms. The first-order chi connectivity index (χ1) is 11.9. The van der Waals surface area contributed by atoms with Crippen molar-refractivity contribution in [3.05, 3.63) is 47.5 Å². The highest BCUT2D eigenvalue weighted by Gasteiger charge is 2.04. The molecule has 0 spiro atoms. The normalized spacial score (nSPS) is 14.4. The molecule has 0 saturated carbocycles. The van der Waals surface area contributed by atoms with Crippen molar-refractivity contribution < 1.29 is 9.47 Å². The molecule has 2 N–H and O–H groups in total. The molecular formula is C19H30IN3O2. The summed E-state index contributed by atoms with van der Waals surface area (Å²) in [7, 11) is 0. The van der Waals surface area contributed by atoms with Crippen molar-refractivity contribution in [2.75, 3.05) is 39.5 Å². The molecule has 0 saturated heterocycles. The van der Waals surface area contributed by atoms with Gasteiger partial charge in [-0.1, -0.05) is 42.0 Å². The van der Waals surface area contributed by atoms with Crippen LogP contribution in [0.25, 0.3) is 0 Å². The number of benzene rings is 1. The van der Waals surface area contributed by atoms with Gasteiger partial charge in [-0.3, -0.25) is 4.99 Å². The summed E-state index contributed by atoms with van der Waals surface area (Å²) in [6.07, 6.45) is 4.27. The van der Waals surface area contributed by atoms with E-state index >= 15 is 0 Å². The Labute approximate surface area is 168 Å². The number of ether oxygens (including phenoxy) is 2. The first-order valence-electron chi connectivity index (χ1n) is 8.78. The van der Waals surface area contributed by atoms with E-state index in [2.05, 4.69) is 40.8 Å². The molecule has 0 aromatic heterocycles. The van der Waals surface area contributed by atoms with E-state index in [4.69, 9.17) is 9.47 Å². The third-order valence-electron chi connectivity index (χ3n) is 3.76. The van der Waals surface area contributed by atoms with E-state index < -0.39 is 0 Å². The van der Waals surface area contributed by atoms with Crippen molar-refractivity contribution in [2.24, 2.45) is 4.99 Å². The van der Waals surface area contributed by atoms with Gasteiger partial charge in [0.15, 0.2) is 5.96 Å². The van der Waals surface area contributed by atoms with Gasteiger partial charge in [0.05, 0.1) is 33.0 Å². The smallest absolute Gasteiger partial charge is 0.191 e. The molecule has 0 atom stereocenters. The zero-order valence-corrected chi connectivity index (χ0v) is 17.3. The number of nitrogens with one attached hydrogen (secondary N) is 2. The van der Waals surface area contributed by atoms with Crippen LogP contribution in [-0.4, -0.2) is 45.4 Å². The zero-order valence-electron chi connectivity index (χ0n) is 15.0. The first-order valence-corrected chi connectivity index (χ1v) is 8.78. The molecule has 0 bridgehead atoms. The van der Waals surface area contributed by atoms with Gasteiger partial charge in [-0.25, -0.2) is 0 Å². The molecule has 0 unspecified atom stereocenters. The molecule has 1 aromatic rings. The lowest BCUT2D eigenvalue weighted by Gasteiger charge is -2.15. The second kappa shape index (κ2) is 14.1. The Morgan fingerprint density at radius 3 is 2.80 bits per heavy atom. The summed E-state index contributed by atoms with van der Waals surface area (Å²) in [5.74, 6) is 0.855. The Balaban J connectivity index is 0.00000312. The second-order valence-electron chi connectivity index (χ2n) is 5.66. The van der Waals surface area contributed by atoms with E-state index in [1.54, 1.807) is 0 Å². The lowest BCUT2D eigenvalue weighted by atomic mass is 10.1. The molecular weight excluding hydrogens is 429 g/mol. The SMILES string of the molecule is CCNC(=NCCOCc1ccccc1)NCCC1=CCOCC1.I. The van der Waals surface area contributed by atoms with Crippen molar-refractivity contribution >= 4 is 29.9 Å². The zero-order chi connectivity index (χ0) is 16.9. The highest BCUT2D eigenvalue weighted by Crippen LogP contribution is 2.10. The van der Waals surface area contributed by atoms with Crippen LogP contribution in [0.2, 0.25) is 0 Å². The fourth-order valence-corrected chi connectivity index (χ4v) is 2.46. The van der Waals surface area contributed by atoms with E-state index in [1.165, 1.54) is 11.1 Å². The van der Waals surface area contributed by atoms with Crippen LogP contribution in [0.1, 0.15) is 25.3 Å². The third kappa shape index (κ3) is 9.81. The molecule has 140 valence electrons. The molecule has 0 amide bonds. The maximum absolute atomic E-state index is 5.66. The summed E-state index contributed by atoms with van der Waals surface area (Å²) >= 11 is 0. The number of guanidine groups is 1. The molecule has 1 heterocycles. The number of hydrogen-bond acceptors (Lipinski definition) is 3. The molecule has 2 rings (SSSR count). The average Bonchev–Trinajstić information content (AvgIpc) is 2.63. The monoisotopic (exact) mass is 459 g/mol. The van der Waals surface area contributed by atoms with Gasteiger partial charge in [-0.05, 0) is 25.3 Å². The number of hydrogen-bond donors (Lipinski definition) is 2. The van der Waals surface area contributed by atoms with Crippen molar-refractivity contribution in [2.45, 2.75) is 26.4 Å². The fraction of sp³-hybridized carbons (Fsp3) is 0.526. The lowest BCUT2D eigenvalue weighted by molar-refractivity contribution is 0.128. The summed E-state index contributed by atoms with van der Waals surface area (Å²) in [5.41, 5.74) is 2.66. The minimum Gasteiger partial charge on any atom is -0.377 e. The van der Waals surface area contributed by atoms with Crippen molar-refractivity contribution in [3.63, 3.8) is 0 Å². The quantitative estimate of drug-likeness (QED) is 0.196. The van der Waals surface area contributed by atoms with Crippen LogP contribution >= 0.6 is 24.0 Å². The highest BCUT2D eigenvalue weighted by atomic mass is 127. The van der Waals surface area contributed by atoms with Gasteiger partial charge in [-0.2, -0.15) is 0 Å². The van der Waals surface area contributed by atoms with Gasteiger partial charge >= 0.3 is 0 Å². The summed E-state index contributed by atoms with van der Waals surface area (Å²) in [4.78, 5) is 4.55. The Hall–Kier alpha value is -1.12. The molecule has 25 heavy (non-hydrogen) atoms. The Morgan fingerprint density at radius 1 is 1.24 bits per heavy atom. The van der Waals surface area contributed by atoms with Gasteiger partial charge in [0.25, 0.3) is 0 Å². The minimum atomic E-state index is 0. The van der Waals surface area contributed by atoms with E-state index in [-0.39, 0.29) is 24.0 Å². The van der Waals surface area contributed by atoms with Gasteiger partial charge in [-0.15, -0.1) is 24.0 Å². The summed E-state index contributed by atoms with van der Waals surface area (Å²) < 4.78 is 11.0. The van der Waals surface area contributed by atoms with Crippen LogP contribution in [0.3, 0.4) is 0 Å². The number of nitrogens with zero attached hydrogens (tertiary/aromatic N) is 1. The Kier molecular flexibility index (Phi) is 12.4. The van der Waals surface area contributed by atoms with Crippen LogP contribution < -0.4 is 10.6 Å². The molecule has 0 aliphatic carbocycles. The summed E-state index contributed by atoms with van der Waals surface area (Å²) in [5, 5.41) is 6.65. The summed E-state index contributed by atoms with van der Waals surface area (Å²) in [6, 6.07) is 10.2. The number of halogens is 1. The standard InChI is InChI=1S/C19H29N3O2.HI/c1-2-20-19(21-11-8-17-9-13-23-14-10-17)22-12-15-24-16-18-6-4-3-5-7-18;/h3-7,9H,2,8,10-16H2,1H3,(H2,20,21,22);1H. The maximum Gasteiger partial charge on any atom is 0.191 e. The fourth-order valence-electron chi connectivity index (χ4n) is 2.46. The Bertz CT molecular complexity index is 521. The predicted octanol–water partition coefficient (Wildman–Crippen LogP) is 3.11. The molecule has 0 radical (unpaired) electrons. The van der Waals surface area contributed by atoms with Crippen molar-refractivity contribution in [3.8, 4) is 0 Å². The lowest BCUT2D eigenvalue weighted by Crippen LogP contribution is -2.38. The maximum atomic E-state index is 5.66. The van der Waals surface area contributed by atoms with Crippen LogP contribution in [0, 0.1) is 0 Å². The van der Waals surface area contributed by atoms with E-state index in [9.17, 15) is 0 Å². The summed E-state index contributed by atoms with van der Waals surface area (Å²) in [6.45, 7) is 7.32. The molecule has 1 aromatic carbocycles. The van der Waals surface area contributed by atoms with Gasteiger partial charge in [0.1, 0.15) is 0 Å². The molecule has 1 aliphatic rings. The van der Waals surface area contributed by atoms with Gasteiger partial charge in [0.2, 0.25) is 0 Å². The van der Waals surface area contributed by atoms with E-state index in [0.717, 1.165) is 45.1 Å². The van der Waals surface area contributed by atoms with Crippen molar-refractivity contribution in [1.29, 1.82) is 0 Å². The van der Waals surface area contributed by atoms with Gasteiger partial charge in [0, 0.05) is 13.1 Å². The topological polar surface area (TPSA) is 54.9 Å². The van der Waals surface area contributed by atoms with Crippen molar-refractivity contribution in [1.82, 2.24) is 10.6 Å². The third-order valence-corrected chi connectivity index (χ3v) is 3.76. The highest BCUT2D eigenvalue weighted by molar-refractivity contribution is 14.0. The number of aliphatic imine (C=N–C) groups is 1.